The molecule has 3 atom stereocenters. The van der Waals surface area contributed by atoms with E-state index in [2.05, 4.69) is 9.71 Å². The zero-order valence-corrected chi connectivity index (χ0v) is 21.3. The van der Waals surface area contributed by atoms with Crippen LogP contribution >= 0.6 is 23.2 Å². The van der Waals surface area contributed by atoms with E-state index >= 15 is 0 Å². The van der Waals surface area contributed by atoms with E-state index in [9.17, 15) is 23.3 Å². The van der Waals surface area contributed by atoms with Crippen molar-refractivity contribution in [2.24, 2.45) is 11.8 Å². The average molecular weight is 544 g/mol. The van der Waals surface area contributed by atoms with E-state index in [0.29, 0.717) is 24.9 Å². The van der Waals surface area contributed by atoms with Crippen LogP contribution in [0.15, 0.2) is 35.5 Å². The quantitative estimate of drug-likeness (QED) is 0.397. The number of nitro groups is 1. The van der Waals surface area contributed by atoms with Crippen molar-refractivity contribution in [1.82, 2.24) is 19.2 Å². The van der Waals surface area contributed by atoms with Crippen LogP contribution in [-0.2, 0) is 21.4 Å². The minimum atomic E-state index is -4.27. The third-order valence-electron chi connectivity index (χ3n) is 6.90. The Kier molecular flexibility index (Phi) is 7.99. The van der Waals surface area contributed by atoms with Gasteiger partial charge in [-0.25, -0.2) is 13.0 Å². The van der Waals surface area contributed by atoms with Crippen molar-refractivity contribution in [1.29, 1.82) is 0 Å². The Bertz CT molecular complexity index is 1180. The first-order chi connectivity index (χ1) is 16.7. The molecule has 1 aromatic heterocycles. The first kappa shape index (κ1) is 25.9. The van der Waals surface area contributed by atoms with Crippen LogP contribution in [0.25, 0.3) is 0 Å². The second-order valence-corrected chi connectivity index (χ2v) is 11.5. The normalized spacial score (nSPS) is 21.4. The fourth-order valence-corrected chi connectivity index (χ4v) is 7.52. The van der Waals surface area contributed by atoms with Gasteiger partial charge in [-0.15, -0.1) is 0 Å². The van der Waals surface area contributed by atoms with Gasteiger partial charge in [0.05, 0.1) is 16.6 Å². The molecule has 1 saturated heterocycles. The molecule has 10 nitrogen and oxygen atoms in total. The number of aryl methyl sites for hydroxylation is 1. The summed E-state index contributed by atoms with van der Waals surface area (Å²) < 4.78 is 30.3. The number of fused-ring (bicyclic) bond motifs is 1. The largest absolute Gasteiger partial charge is 0.434 e. The lowest BCUT2D eigenvalue weighted by atomic mass is 9.75. The molecule has 1 aliphatic heterocycles. The molecule has 1 N–H and O–H groups in total. The van der Waals surface area contributed by atoms with Gasteiger partial charge < -0.3 is 15.0 Å². The van der Waals surface area contributed by atoms with Crippen molar-refractivity contribution in [3.8, 4) is 0 Å². The summed E-state index contributed by atoms with van der Waals surface area (Å²) in [6.45, 7) is 1.15. The van der Waals surface area contributed by atoms with E-state index in [1.807, 2.05) is 0 Å². The van der Waals surface area contributed by atoms with Crippen LogP contribution in [0.5, 0.6) is 0 Å². The Labute approximate surface area is 213 Å². The molecule has 35 heavy (non-hydrogen) atoms. The molecule has 0 bridgehead atoms. The molecular weight excluding hydrogens is 517 g/mol. The van der Waals surface area contributed by atoms with Crippen molar-refractivity contribution < 1.29 is 18.1 Å². The Morgan fingerprint density at radius 2 is 1.89 bits per heavy atom. The molecule has 13 heteroatoms. The van der Waals surface area contributed by atoms with Crippen LogP contribution in [0.3, 0.4) is 0 Å². The third-order valence-corrected chi connectivity index (χ3v) is 9.33. The fourth-order valence-electron chi connectivity index (χ4n) is 5.16. The summed E-state index contributed by atoms with van der Waals surface area (Å²) in [6.07, 6.45) is 8.15. The van der Waals surface area contributed by atoms with Gasteiger partial charge >= 0.3 is 5.95 Å². The molecular formula is C22H27Cl2N5O5S. The van der Waals surface area contributed by atoms with Gasteiger partial charge in [0.15, 0.2) is 0 Å². The van der Waals surface area contributed by atoms with Crippen LogP contribution in [0, 0.1) is 22.0 Å². The topological polar surface area (TPSA) is 127 Å². The number of piperidine rings is 1. The Balaban J connectivity index is 1.58. The molecule has 0 radical (unpaired) electrons. The van der Waals surface area contributed by atoms with Gasteiger partial charge in [-0.1, -0.05) is 53.5 Å². The number of benzene rings is 1. The number of imidazole rings is 1. The van der Waals surface area contributed by atoms with Gasteiger partial charge in [0.2, 0.25) is 15.9 Å². The van der Waals surface area contributed by atoms with E-state index in [4.69, 9.17) is 23.2 Å². The lowest BCUT2D eigenvalue weighted by Crippen LogP contribution is -2.53. The average Bonchev–Trinajstić information content (AvgIpc) is 3.30. The summed E-state index contributed by atoms with van der Waals surface area (Å²) >= 11 is 12.3. The van der Waals surface area contributed by atoms with Crippen LogP contribution in [-0.4, -0.2) is 52.8 Å². The monoisotopic (exact) mass is 543 g/mol. The minimum absolute atomic E-state index is 0.0120. The SMILES string of the molecule is O=C(C(CCn1ccnc1[N+](=O)[O-])NS(=O)(=O)c1c(Cl)cccc1Cl)N1CCC2CCCCC2C1. The summed E-state index contributed by atoms with van der Waals surface area (Å²) in [5.74, 6) is 0.268. The zero-order chi connectivity index (χ0) is 25.2. The number of nitrogens with zero attached hydrogens (tertiary/aromatic N) is 4. The number of aromatic nitrogens is 2. The molecule has 2 fully saturated rings. The Morgan fingerprint density at radius 3 is 2.57 bits per heavy atom. The van der Waals surface area contributed by atoms with Crippen LogP contribution in [0.2, 0.25) is 10.0 Å². The number of hydrogen-bond donors (Lipinski definition) is 1. The molecule has 0 spiro atoms. The molecule has 2 aromatic rings. The van der Waals surface area contributed by atoms with E-state index in [1.54, 1.807) is 4.90 Å². The first-order valence-electron chi connectivity index (χ1n) is 11.6. The lowest BCUT2D eigenvalue weighted by molar-refractivity contribution is -0.396. The summed E-state index contributed by atoms with van der Waals surface area (Å²) in [4.78, 5) is 29.3. The van der Waals surface area contributed by atoms with Crippen molar-refractivity contribution in [3.63, 3.8) is 0 Å². The highest BCUT2D eigenvalue weighted by Gasteiger charge is 2.37. The van der Waals surface area contributed by atoms with E-state index < -0.39 is 21.0 Å². The van der Waals surface area contributed by atoms with Crippen LogP contribution in [0.1, 0.15) is 38.5 Å². The number of halogens is 2. The zero-order valence-electron chi connectivity index (χ0n) is 19.0. The van der Waals surface area contributed by atoms with Crippen molar-refractivity contribution in [2.45, 2.75) is 56.0 Å². The number of sulfonamides is 1. The molecule has 1 aliphatic carbocycles. The molecule has 3 unspecified atom stereocenters. The number of amides is 1. The van der Waals surface area contributed by atoms with Gasteiger partial charge in [0, 0.05) is 19.5 Å². The maximum atomic E-state index is 13.6. The summed E-state index contributed by atoms with van der Waals surface area (Å²) in [5.41, 5.74) is 0. The van der Waals surface area contributed by atoms with Gasteiger partial charge in [-0.2, -0.15) is 4.72 Å². The summed E-state index contributed by atoms with van der Waals surface area (Å²) in [6, 6.07) is 3.18. The highest BCUT2D eigenvalue weighted by Crippen LogP contribution is 2.36. The molecule has 4 rings (SSSR count). The van der Waals surface area contributed by atoms with Crippen molar-refractivity contribution in [2.75, 3.05) is 13.1 Å². The van der Waals surface area contributed by atoms with Gasteiger partial charge in [-0.05, 0) is 41.7 Å². The van der Waals surface area contributed by atoms with Gasteiger partial charge in [-0.3, -0.25) is 4.79 Å². The predicted molar refractivity (Wildman–Crippen MR) is 131 cm³/mol. The Morgan fingerprint density at radius 1 is 1.20 bits per heavy atom. The molecule has 2 aliphatic rings. The van der Waals surface area contributed by atoms with E-state index in [0.717, 1.165) is 25.7 Å². The Hall–Kier alpha value is -2.21. The molecule has 2 heterocycles. The smallest absolute Gasteiger partial charge is 0.390 e. The molecule has 1 aromatic carbocycles. The summed E-state index contributed by atoms with van der Waals surface area (Å²) in [5, 5.41) is 11.1. The number of carbonyl (C=O) groups is 1. The number of likely N-dealkylation sites (tertiary alicyclic amines) is 1. The minimum Gasteiger partial charge on any atom is -0.390 e. The molecule has 1 saturated carbocycles. The molecule has 190 valence electrons. The number of carbonyl (C=O) groups excluding carboxylic acids is 1. The molecule has 1 amide bonds. The maximum absolute atomic E-state index is 13.6. The first-order valence-corrected chi connectivity index (χ1v) is 13.8. The third kappa shape index (κ3) is 5.79. The number of nitrogens with one attached hydrogen (secondary N) is 1. The van der Waals surface area contributed by atoms with Crippen molar-refractivity contribution in [3.05, 3.63) is 50.8 Å². The van der Waals surface area contributed by atoms with Gasteiger partial charge in [0.25, 0.3) is 0 Å². The summed E-state index contributed by atoms with van der Waals surface area (Å²) in [7, 11) is -4.27. The highest BCUT2D eigenvalue weighted by molar-refractivity contribution is 7.89. The lowest BCUT2D eigenvalue weighted by Gasteiger charge is -2.42. The highest BCUT2D eigenvalue weighted by atomic mass is 35.5. The van der Waals surface area contributed by atoms with Crippen LogP contribution < -0.4 is 4.72 Å². The van der Waals surface area contributed by atoms with E-state index in [1.165, 1.54) is 41.6 Å². The van der Waals surface area contributed by atoms with Crippen molar-refractivity contribution >= 4 is 45.1 Å². The van der Waals surface area contributed by atoms with Crippen LogP contribution in [0.4, 0.5) is 5.95 Å². The second kappa shape index (κ2) is 10.8. The number of hydrogen-bond acceptors (Lipinski definition) is 6. The number of rotatable bonds is 8. The maximum Gasteiger partial charge on any atom is 0.434 e. The standard InChI is InChI=1S/C22H27Cl2N5O5S/c23-17-6-3-7-18(24)20(17)35(33,34)26-19(9-12-27-13-10-25-22(27)29(31)32)21(30)28-11-8-15-4-1-2-5-16(15)14-28/h3,6-7,10,13,15-16,19,26H,1-2,4-5,8-9,11-12,14H2. The predicted octanol–water partition coefficient (Wildman–Crippen LogP) is 3.87. The van der Waals surface area contributed by atoms with E-state index in [-0.39, 0.29) is 39.8 Å². The fraction of sp³-hybridized carbons (Fsp3) is 0.545. The second-order valence-electron chi connectivity index (χ2n) is 9.07. The van der Waals surface area contributed by atoms with Gasteiger partial charge in [0.1, 0.15) is 23.3 Å².